The Morgan fingerprint density at radius 2 is 1.82 bits per heavy atom. The van der Waals surface area contributed by atoms with Gasteiger partial charge in [-0.25, -0.2) is 10.4 Å². The van der Waals surface area contributed by atoms with Gasteiger partial charge in [0, 0.05) is 22.2 Å². The largest absolute Gasteiger partial charge is 0.439 e. The second-order valence-corrected chi connectivity index (χ2v) is 6.40. The number of pyridine rings is 1. The highest BCUT2D eigenvalue weighted by atomic mass is 79.9. The first-order valence-corrected chi connectivity index (χ1v) is 8.78. The molecule has 0 aliphatic carbocycles. The molecule has 1 amide bonds. The zero-order chi connectivity index (χ0) is 19.9. The van der Waals surface area contributed by atoms with Crippen LogP contribution in [-0.4, -0.2) is 22.0 Å². The molecule has 0 bridgehead atoms. The first-order valence-electron chi connectivity index (χ1n) is 7.98. The van der Waals surface area contributed by atoms with Crippen molar-refractivity contribution in [2.75, 3.05) is 0 Å². The molecule has 9 heteroatoms. The van der Waals surface area contributed by atoms with Crippen LogP contribution in [0.2, 0.25) is 0 Å². The summed E-state index contributed by atoms with van der Waals surface area (Å²) in [6.07, 6.45) is 2.63. The number of carbonyl (C=O) groups is 1. The lowest BCUT2D eigenvalue weighted by molar-refractivity contribution is -0.385. The molecule has 3 aromatic rings. The van der Waals surface area contributed by atoms with Crippen molar-refractivity contribution in [1.82, 2.24) is 10.4 Å². The molecule has 2 aromatic carbocycles. The van der Waals surface area contributed by atoms with E-state index < -0.39 is 4.92 Å². The fourth-order valence-corrected chi connectivity index (χ4v) is 2.38. The highest BCUT2D eigenvalue weighted by molar-refractivity contribution is 9.10. The molecular formula is C19H13BrN4O4. The van der Waals surface area contributed by atoms with Gasteiger partial charge in [-0.05, 0) is 54.1 Å². The summed E-state index contributed by atoms with van der Waals surface area (Å²) in [5.74, 6) is 0.444. The van der Waals surface area contributed by atoms with Gasteiger partial charge in [-0.3, -0.25) is 14.9 Å². The van der Waals surface area contributed by atoms with Crippen LogP contribution in [0.15, 0.2) is 76.4 Å². The maximum absolute atomic E-state index is 12.0. The second kappa shape index (κ2) is 8.87. The lowest BCUT2D eigenvalue weighted by Gasteiger charge is -2.04. The molecule has 8 nitrogen and oxygen atoms in total. The van der Waals surface area contributed by atoms with Gasteiger partial charge in [0.15, 0.2) is 0 Å². The number of nitrogens with zero attached hydrogens (tertiary/aromatic N) is 3. The lowest BCUT2D eigenvalue weighted by Crippen LogP contribution is -2.17. The van der Waals surface area contributed by atoms with E-state index in [1.54, 1.807) is 48.5 Å². The van der Waals surface area contributed by atoms with E-state index in [4.69, 9.17) is 4.74 Å². The van der Waals surface area contributed by atoms with Crippen molar-refractivity contribution in [3.8, 4) is 11.6 Å². The summed E-state index contributed by atoms with van der Waals surface area (Å²) >= 11 is 3.31. The third-order valence-corrected chi connectivity index (χ3v) is 4.05. The number of benzene rings is 2. The van der Waals surface area contributed by atoms with E-state index in [-0.39, 0.29) is 17.5 Å². The first kappa shape index (κ1) is 19.2. The average molecular weight is 441 g/mol. The Morgan fingerprint density at radius 3 is 2.43 bits per heavy atom. The molecule has 0 saturated heterocycles. The molecule has 0 fully saturated rings. The molecule has 0 aliphatic rings. The van der Waals surface area contributed by atoms with Gasteiger partial charge in [0.05, 0.1) is 11.1 Å². The van der Waals surface area contributed by atoms with Gasteiger partial charge >= 0.3 is 0 Å². The Bertz CT molecular complexity index is 1000. The second-order valence-electron chi connectivity index (χ2n) is 5.49. The maximum Gasteiger partial charge on any atom is 0.287 e. The van der Waals surface area contributed by atoms with Crippen molar-refractivity contribution in [3.63, 3.8) is 0 Å². The minimum absolute atomic E-state index is 0.107. The van der Waals surface area contributed by atoms with Crippen molar-refractivity contribution in [2.24, 2.45) is 5.10 Å². The molecule has 1 heterocycles. The zero-order valence-corrected chi connectivity index (χ0v) is 15.9. The van der Waals surface area contributed by atoms with E-state index in [0.717, 1.165) is 16.2 Å². The molecule has 140 valence electrons. The van der Waals surface area contributed by atoms with Crippen molar-refractivity contribution < 1.29 is 14.5 Å². The predicted octanol–water partition coefficient (Wildman–Crippen LogP) is 4.31. The van der Waals surface area contributed by atoms with Crippen molar-refractivity contribution in [1.29, 1.82) is 0 Å². The van der Waals surface area contributed by atoms with Gasteiger partial charge in [0.2, 0.25) is 5.88 Å². The van der Waals surface area contributed by atoms with E-state index in [1.165, 1.54) is 18.3 Å². The van der Waals surface area contributed by atoms with E-state index in [1.807, 2.05) is 0 Å². The van der Waals surface area contributed by atoms with Crippen LogP contribution in [0.25, 0.3) is 0 Å². The van der Waals surface area contributed by atoms with Crippen LogP contribution in [0.1, 0.15) is 15.9 Å². The predicted molar refractivity (Wildman–Crippen MR) is 107 cm³/mol. The molecule has 0 unspecified atom stereocenters. The number of halogens is 1. The monoisotopic (exact) mass is 440 g/mol. The number of ether oxygens (including phenoxy) is 1. The van der Waals surface area contributed by atoms with E-state index in [0.29, 0.717) is 11.3 Å². The first-order chi connectivity index (χ1) is 13.5. The highest BCUT2D eigenvalue weighted by Crippen LogP contribution is 2.21. The number of amides is 1. The van der Waals surface area contributed by atoms with Crippen LogP contribution in [-0.2, 0) is 0 Å². The number of hydrazone groups is 1. The Kier molecular flexibility index (Phi) is 6.07. The fraction of sp³-hybridized carbons (Fsp3) is 0. The number of hydrogen-bond acceptors (Lipinski definition) is 6. The van der Waals surface area contributed by atoms with Crippen LogP contribution in [0, 0.1) is 10.1 Å². The third-order valence-electron chi connectivity index (χ3n) is 3.52. The Labute approximate surface area is 168 Å². The van der Waals surface area contributed by atoms with Crippen LogP contribution < -0.4 is 10.2 Å². The topological polar surface area (TPSA) is 107 Å². The standard InChI is InChI=1S/C19H13BrN4O4/c20-15-5-3-14(4-6-15)19(25)23-22-11-13-1-8-17(9-2-13)28-18-10-7-16(12-21-18)24(26)27/h1-12H,(H,23,25)/b22-11+. The summed E-state index contributed by atoms with van der Waals surface area (Å²) in [4.78, 5) is 25.9. The van der Waals surface area contributed by atoms with Gasteiger partial charge in [-0.2, -0.15) is 5.10 Å². The minimum Gasteiger partial charge on any atom is -0.439 e. The van der Waals surface area contributed by atoms with Crippen molar-refractivity contribution >= 4 is 33.7 Å². The maximum atomic E-state index is 12.0. The zero-order valence-electron chi connectivity index (χ0n) is 14.3. The number of nitro groups is 1. The van der Waals surface area contributed by atoms with Gasteiger partial charge in [0.25, 0.3) is 11.6 Å². The van der Waals surface area contributed by atoms with E-state index in [9.17, 15) is 14.9 Å². The lowest BCUT2D eigenvalue weighted by atomic mass is 10.2. The van der Waals surface area contributed by atoms with Gasteiger partial charge < -0.3 is 4.74 Å². The molecule has 0 saturated carbocycles. The summed E-state index contributed by atoms with van der Waals surface area (Å²) in [6, 6.07) is 16.5. The molecule has 1 N–H and O–H groups in total. The quantitative estimate of drug-likeness (QED) is 0.349. The summed E-state index contributed by atoms with van der Waals surface area (Å²) in [5.41, 5.74) is 3.60. The summed E-state index contributed by atoms with van der Waals surface area (Å²) in [7, 11) is 0. The number of hydrogen-bond donors (Lipinski definition) is 1. The Hall–Kier alpha value is -3.59. The number of carbonyl (C=O) groups excluding carboxylic acids is 1. The van der Waals surface area contributed by atoms with Gasteiger partial charge in [-0.1, -0.05) is 15.9 Å². The van der Waals surface area contributed by atoms with E-state index >= 15 is 0 Å². The van der Waals surface area contributed by atoms with Gasteiger partial charge in [0.1, 0.15) is 11.9 Å². The van der Waals surface area contributed by atoms with Crippen LogP contribution >= 0.6 is 15.9 Å². The molecule has 3 rings (SSSR count). The van der Waals surface area contributed by atoms with Crippen molar-refractivity contribution in [3.05, 3.63) is 92.6 Å². The molecule has 0 atom stereocenters. The van der Waals surface area contributed by atoms with Crippen LogP contribution in [0.3, 0.4) is 0 Å². The molecular weight excluding hydrogens is 428 g/mol. The normalized spacial score (nSPS) is 10.6. The minimum atomic E-state index is -0.527. The number of nitrogens with one attached hydrogen (secondary N) is 1. The summed E-state index contributed by atoms with van der Waals surface area (Å²) in [5, 5.41) is 14.5. The average Bonchev–Trinajstić information content (AvgIpc) is 2.70. The van der Waals surface area contributed by atoms with E-state index in [2.05, 4.69) is 31.4 Å². The van der Waals surface area contributed by atoms with Crippen LogP contribution in [0.5, 0.6) is 11.6 Å². The molecule has 28 heavy (non-hydrogen) atoms. The third kappa shape index (κ3) is 5.21. The molecule has 0 spiro atoms. The number of rotatable bonds is 6. The van der Waals surface area contributed by atoms with Crippen LogP contribution in [0.4, 0.5) is 5.69 Å². The fourth-order valence-electron chi connectivity index (χ4n) is 2.11. The molecule has 0 aliphatic heterocycles. The molecule has 1 aromatic heterocycles. The number of aromatic nitrogens is 1. The molecule has 0 radical (unpaired) electrons. The summed E-state index contributed by atoms with van der Waals surface area (Å²) < 4.78 is 6.41. The van der Waals surface area contributed by atoms with Crippen molar-refractivity contribution in [2.45, 2.75) is 0 Å². The smallest absolute Gasteiger partial charge is 0.287 e. The Morgan fingerprint density at radius 1 is 1.11 bits per heavy atom. The van der Waals surface area contributed by atoms with Gasteiger partial charge in [-0.15, -0.1) is 0 Å². The Balaban J connectivity index is 1.56. The highest BCUT2D eigenvalue weighted by Gasteiger charge is 2.06. The summed E-state index contributed by atoms with van der Waals surface area (Å²) in [6.45, 7) is 0. The SMILES string of the molecule is O=C(N/N=C/c1ccc(Oc2ccc([N+](=O)[O-])cn2)cc1)c1ccc(Br)cc1.